The van der Waals surface area contributed by atoms with Gasteiger partial charge in [0.05, 0.1) is 12.2 Å². The minimum absolute atomic E-state index is 0.0395. The first-order valence-electron chi connectivity index (χ1n) is 9.68. The summed E-state index contributed by atoms with van der Waals surface area (Å²) in [5.74, 6) is 1.03. The van der Waals surface area contributed by atoms with E-state index in [-0.39, 0.29) is 11.9 Å². The zero-order valence-electron chi connectivity index (χ0n) is 16.0. The van der Waals surface area contributed by atoms with Gasteiger partial charge in [0.2, 0.25) is 5.88 Å². The van der Waals surface area contributed by atoms with Gasteiger partial charge < -0.3 is 14.2 Å². The molecule has 0 N–H and O–H groups in total. The van der Waals surface area contributed by atoms with E-state index in [1.54, 1.807) is 24.7 Å². The van der Waals surface area contributed by atoms with Crippen LogP contribution in [0.4, 0.5) is 0 Å². The molecule has 0 spiro atoms. The van der Waals surface area contributed by atoms with Crippen molar-refractivity contribution in [2.45, 2.75) is 31.7 Å². The summed E-state index contributed by atoms with van der Waals surface area (Å²) in [6, 6.07) is 11.5. The molecular weight excluding hydrogens is 352 g/mol. The number of hydrogen-bond acceptors (Lipinski definition) is 4. The van der Waals surface area contributed by atoms with Crippen molar-refractivity contribution in [3.8, 4) is 11.6 Å². The summed E-state index contributed by atoms with van der Waals surface area (Å²) in [6.45, 7) is 0.768. The lowest BCUT2D eigenvalue weighted by atomic mass is 10.1. The number of aryl methyl sites for hydroxylation is 1. The lowest BCUT2D eigenvalue weighted by Gasteiger charge is -2.31. The number of rotatable bonds is 4. The summed E-state index contributed by atoms with van der Waals surface area (Å²) in [4.78, 5) is 23.6. The Morgan fingerprint density at radius 3 is 2.86 bits per heavy atom. The monoisotopic (exact) mass is 376 g/mol. The summed E-state index contributed by atoms with van der Waals surface area (Å²) < 4.78 is 7.87. The van der Waals surface area contributed by atoms with E-state index in [4.69, 9.17) is 4.74 Å². The molecule has 3 heterocycles. The fourth-order valence-electron chi connectivity index (χ4n) is 3.80. The van der Waals surface area contributed by atoms with Gasteiger partial charge in [-0.25, -0.2) is 4.98 Å². The van der Waals surface area contributed by atoms with E-state index in [1.807, 2.05) is 42.4 Å². The first-order valence-corrected chi connectivity index (χ1v) is 9.68. The first kappa shape index (κ1) is 18.2. The van der Waals surface area contributed by atoms with E-state index in [1.165, 1.54) is 5.69 Å². The minimum Gasteiger partial charge on any atom is -0.437 e. The normalized spacial score (nSPS) is 17.2. The standard InChI is InChI=1S/C22H24N4O2/c1-25-13-6-10-19(25)20-9-3-2-4-14-26(20)22(27)17-7-5-8-18(15-17)28-21-16-23-11-12-24-21/h5-8,10-13,15-16,20H,2-4,9,14H2,1H3. The molecule has 1 atom stereocenters. The van der Waals surface area contributed by atoms with Gasteiger partial charge in [-0.3, -0.25) is 9.78 Å². The van der Waals surface area contributed by atoms with Crippen LogP contribution in [0.15, 0.2) is 61.2 Å². The number of benzene rings is 1. The first-order chi connectivity index (χ1) is 13.7. The van der Waals surface area contributed by atoms with Crippen LogP contribution in [0.25, 0.3) is 0 Å². The van der Waals surface area contributed by atoms with Crippen LogP contribution in [0, 0.1) is 0 Å². The molecule has 6 nitrogen and oxygen atoms in total. The summed E-state index contributed by atoms with van der Waals surface area (Å²) in [5.41, 5.74) is 1.81. The molecule has 1 saturated heterocycles. The average molecular weight is 376 g/mol. The van der Waals surface area contributed by atoms with E-state index >= 15 is 0 Å². The topological polar surface area (TPSA) is 60.2 Å². The number of nitrogens with zero attached hydrogens (tertiary/aromatic N) is 4. The van der Waals surface area contributed by atoms with E-state index < -0.39 is 0 Å². The second-order valence-electron chi connectivity index (χ2n) is 7.08. The SMILES string of the molecule is Cn1cccc1C1CCCCCN1C(=O)c1cccc(Oc2cnccn2)c1. The third-order valence-corrected chi connectivity index (χ3v) is 5.18. The Bertz CT molecular complexity index is 938. The highest BCUT2D eigenvalue weighted by Crippen LogP contribution is 2.32. The lowest BCUT2D eigenvalue weighted by Crippen LogP contribution is -2.35. The van der Waals surface area contributed by atoms with Crippen LogP contribution in [0.2, 0.25) is 0 Å². The molecule has 6 heteroatoms. The van der Waals surface area contributed by atoms with Gasteiger partial charge in [-0.2, -0.15) is 0 Å². The van der Waals surface area contributed by atoms with Crippen molar-refractivity contribution in [1.82, 2.24) is 19.4 Å². The van der Waals surface area contributed by atoms with Crippen LogP contribution in [0.1, 0.15) is 47.8 Å². The van der Waals surface area contributed by atoms with Crippen molar-refractivity contribution in [2.24, 2.45) is 7.05 Å². The molecule has 144 valence electrons. The van der Waals surface area contributed by atoms with Crippen LogP contribution in [0.5, 0.6) is 11.6 Å². The van der Waals surface area contributed by atoms with Crippen molar-refractivity contribution in [1.29, 1.82) is 0 Å². The molecule has 1 fully saturated rings. The van der Waals surface area contributed by atoms with Gasteiger partial charge in [0.15, 0.2) is 0 Å². The minimum atomic E-state index is 0.0395. The number of carbonyl (C=O) groups excluding carboxylic acids is 1. The van der Waals surface area contributed by atoms with Gasteiger partial charge in [0.25, 0.3) is 5.91 Å². The molecule has 1 aliphatic heterocycles. The zero-order chi connectivity index (χ0) is 19.3. The number of aromatic nitrogens is 3. The number of likely N-dealkylation sites (tertiary alicyclic amines) is 1. The quantitative estimate of drug-likeness (QED) is 0.679. The smallest absolute Gasteiger partial charge is 0.254 e. The molecule has 0 bridgehead atoms. The van der Waals surface area contributed by atoms with Crippen molar-refractivity contribution in [3.63, 3.8) is 0 Å². The molecule has 1 amide bonds. The van der Waals surface area contributed by atoms with E-state index in [0.717, 1.165) is 32.2 Å². The maximum atomic E-state index is 13.4. The maximum Gasteiger partial charge on any atom is 0.254 e. The fraction of sp³-hybridized carbons (Fsp3) is 0.318. The van der Waals surface area contributed by atoms with Gasteiger partial charge in [-0.15, -0.1) is 0 Å². The second-order valence-corrected chi connectivity index (χ2v) is 7.08. The molecule has 4 rings (SSSR count). The lowest BCUT2D eigenvalue weighted by molar-refractivity contribution is 0.0674. The van der Waals surface area contributed by atoms with Crippen molar-refractivity contribution in [3.05, 3.63) is 72.4 Å². The van der Waals surface area contributed by atoms with Crippen molar-refractivity contribution in [2.75, 3.05) is 6.54 Å². The van der Waals surface area contributed by atoms with Gasteiger partial charge in [0.1, 0.15) is 5.75 Å². The summed E-state index contributed by atoms with van der Waals surface area (Å²) in [5, 5.41) is 0. The molecule has 0 radical (unpaired) electrons. The summed E-state index contributed by atoms with van der Waals surface area (Å²) >= 11 is 0. The van der Waals surface area contributed by atoms with Crippen molar-refractivity contribution < 1.29 is 9.53 Å². The van der Waals surface area contributed by atoms with Crippen LogP contribution in [-0.2, 0) is 7.05 Å². The number of hydrogen-bond donors (Lipinski definition) is 0. The van der Waals surface area contributed by atoms with Crippen molar-refractivity contribution >= 4 is 5.91 Å². The Balaban J connectivity index is 1.60. The second kappa shape index (κ2) is 8.25. The fourth-order valence-corrected chi connectivity index (χ4v) is 3.80. The predicted octanol–water partition coefficient (Wildman–Crippen LogP) is 4.36. The molecule has 0 saturated carbocycles. The average Bonchev–Trinajstić information content (AvgIpc) is 3.00. The van der Waals surface area contributed by atoms with Gasteiger partial charge in [-0.05, 0) is 43.2 Å². The van der Waals surface area contributed by atoms with Gasteiger partial charge in [-0.1, -0.05) is 18.9 Å². The molecule has 1 aromatic carbocycles. The van der Waals surface area contributed by atoms with Gasteiger partial charge >= 0.3 is 0 Å². The van der Waals surface area contributed by atoms with Crippen LogP contribution in [-0.4, -0.2) is 31.9 Å². The summed E-state index contributed by atoms with van der Waals surface area (Å²) in [7, 11) is 2.04. The van der Waals surface area contributed by atoms with Gasteiger partial charge in [0, 0.05) is 43.4 Å². The van der Waals surface area contributed by atoms with Crippen LogP contribution < -0.4 is 4.74 Å². The van der Waals surface area contributed by atoms with E-state index in [9.17, 15) is 4.79 Å². The third-order valence-electron chi connectivity index (χ3n) is 5.18. The van der Waals surface area contributed by atoms with Crippen LogP contribution in [0.3, 0.4) is 0 Å². The molecular formula is C22H24N4O2. The highest BCUT2D eigenvalue weighted by atomic mass is 16.5. The van der Waals surface area contributed by atoms with E-state index in [2.05, 4.69) is 20.6 Å². The zero-order valence-corrected chi connectivity index (χ0v) is 16.0. The predicted molar refractivity (Wildman–Crippen MR) is 106 cm³/mol. The Labute approximate surface area is 164 Å². The molecule has 3 aromatic rings. The molecule has 28 heavy (non-hydrogen) atoms. The molecule has 1 unspecified atom stereocenters. The number of amides is 1. The Kier molecular flexibility index (Phi) is 5.37. The highest BCUT2D eigenvalue weighted by molar-refractivity contribution is 5.95. The Morgan fingerprint density at radius 2 is 2.07 bits per heavy atom. The number of ether oxygens (including phenoxy) is 1. The molecule has 1 aliphatic rings. The van der Waals surface area contributed by atoms with Crippen LogP contribution >= 0.6 is 0 Å². The van der Waals surface area contributed by atoms with E-state index in [0.29, 0.717) is 17.2 Å². The maximum absolute atomic E-state index is 13.4. The highest BCUT2D eigenvalue weighted by Gasteiger charge is 2.29. The molecule has 0 aliphatic carbocycles. The Morgan fingerprint density at radius 1 is 1.14 bits per heavy atom. The third kappa shape index (κ3) is 3.91. The number of carbonyl (C=O) groups is 1. The largest absolute Gasteiger partial charge is 0.437 e. The molecule has 2 aromatic heterocycles. The Hall–Kier alpha value is -3.15. The summed E-state index contributed by atoms with van der Waals surface area (Å²) in [6.07, 6.45) is 11.1.